The summed E-state index contributed by atoms with van der Waals surface area (Å²) in [5.74, 6) is 0.725. The van der Waals surface area contributed by atoms with Crippen molar-refractivity contribution in [2.24, 2.45) is 0 Å². The zero-order chi connectivity index (χ0) is 14.5. The third-order valence-electron chi connectivity index (χ3n) is 2.87. The molecule has 0 aliphatic carbocycles. The third-order valence-corrected chi connectivity index (χ3v) is 3.17. The van der Waals surface area contributed by atoms with E-state index in [0.29, 0.717) is 5.02 Å². The molecule has 20 heavy (non-hydrogen) atoms. The van der Waals surface area contributed by atoms with Crippen LogP contribution in [0.25, 0.3) is 0 Å². The number of hydrogen-bond donors (Lipinski definition) is 1. The van der Waals surface area contributed by atoms with Crippen molar-refractivity contribution >= 4 is 17.3 Å². The minimum absolute atomic E-state index is 0.124. The highest BCUT2D eigenvalue weighted by Gasteiger charge is 2.05. The second-order valence-corrected chi connectivity index (χ2v) is 5.56. The van der Waals surface area contributed by atoms with Crippen molar-refractivity contribution in [2.45, 2.75) is 33.4 Å². The van der Waals surface area contributed by atoms with Crippen molar-refractivity contribution in [3.63, 3.8) is 0 Å². The lowest BCUT2D eigenvalue weighted by Gasteiger charge is -2.13. The maximum atomic E-state index is 6.22. The molecule has 0 spiro atoms. The van der Waals surface area contributed by atoms with Crippen LogP contribution in [0, 0.1) is 6.92 Å². The maximum absolute atomic E-state index is 6.22. The van der Waals surface area contributed by atoms with Gasteiger partial charge in [-0.3, -0.25) is 0 Å². The van der Waals surface area contributed by atoms with E-state index in [1.54, 1.807) is 0 Å². The van der Waals surface area contributed by atoms with Crippen LogP contribution in [0.2, 0.25) is 5.02 Å². The molecule has 0 saturated carbocycles. The topological polar surface area (TPSA) is 21.3 Å². The van der Waals surface area contributed by atoms with Crippen molar-refractivity contribution in [3.05, 3.63) is 58.6 Å². The van der Waals surface area contributed by atoms with E-state index in [2.05, 4.69) is 36.5 Å². The fraction of sp³-hybridized carbons (Fsp3) is 0.294. The number of nitrogens with one attached hydrogen (secondary N) is 1. The monoisotopic (exact) mass is 289 g/mol. The molecule has 0 heterocycles. The van der Waals surface area contributed by atoms with Crippen LogP contribution in [0.1, 0.15) is 25.0 Å². The van der Waals surface area contributed by atoms with E-state index in [1.807, 2.05) is 32.0 Å². The minimum Gasteiger partial charge on any atom is -0.489 e. The fourth-order valence-electron chi connectivity index (χ4n) is 1.99. The Bertz CT molecular complexity index is 581. The lowest BCUT2D eigenvalue weighted by atomic mass is 10.1. The number of aryl methyl sites for hydroxylation is 1. The van der Waals surface area contributed by atoms with Gasteiger partial charge in [0.15, 0.2) is 0 Å². The highest BCUT2D eigenvalue weighted by atomic mass is 35.5. The normalized spacial score (nSPS) is 10.7. The van der Waals surface area contributed by atoms with Gasteiger partial charge in [-0.05, 0) is 44.5 Å². The van der Waals surface area contributed by atoms with E-state index in [4.69, 9.17) is 16.3 Å². The summed E-state index contributed by atoms with van der Waals surface area (Å²) in [4.78, 5) is 0. The summed E-state index contributed by atoms with van der Waals surface area (Å²) in [6.45, 7) is 6.85. The molecule has 0 saturated heterocycles. The molecule has 3 heteroatoms. The van der Waals surface area contributed by atoms with Crippen LogP contribution in [0.4, 0.5) is 5.69 Å². The Morgan fingerprint density at radius 1 is 1.15 bits per heavy atom. The molecule has 2 aromatic carbocycles. The van der Waals surface area contributed by atoms with E-state index in [-0.39, 0.29) is 6.10 Å². The van der Waals surface area contributed by atoms with Crippen molar-refractivity contribution in [3.8, 4) is 5.75 Å². The lowest BCUT2D eigenvalue weighted by Crippen LogP contribution is -2.06. The van der Waals surface area contributed by atoms with Gasteiger partial charge in [-0.1, -0.05) is 41.4 Å². The minimum atomic E-state index is 0.124. The van der Waals surface area contributed by atoms with Crippen molar-refractivity contribution in [2.75, 3.05) is 5.32 Å². The molecular weight excluding hydrogens is 270 g/mol. The Morgan fingerprint density at radius 3 is 2.60 bits per heavy atom. The van der Waals surface area contributed by atoms with E-state index in [1.165, 1.54) is 11.1 Å². The first-order chi connectivity index (χ1) is 9.54. The van der Waals surface area contributed by atoms with E-state index < -0.39 is 0 Å². The van der Waals surface area contributed by atoms with Gasteiger partial charge in [0.1, 0.15) is 5.75 Å². The van der Waals surface area contributed by atoms with Gasteiger partial charge >= 0.3 is 0 Å². The third kappa shape index (κ3) is 4.17. The van der Waals surface area contributed by atoms with Crippen LogP contribution < -0.4 is 10.1 Å². The molecule has 1 N–H and O–H groups in total. The predicted octanol–water partition coefficient (Wildman–Crippen LogP) is 5.05. The highest BCUT2D eigenvalue weighted by molar-refractivity contribution is 6.32. The molecule has 0 atom stereocenters. The Labute approximate surface area is 125 Å². The molecule has 0 aliphatic rings. The molecule has 0 aromatic heterocycles. The summed E-state index contributed by atoms with van der Waals surface area (Å²) in [7, 11) is 0. The second kappa shape index (κ2) is 6.67. The van der Waals surface area contributed by atoms with Crippen LogP contribution in [0.5, 0.6) is 5.75 Å². The van der Waals surface area contributed by atoms with E-state index in [0.717, 1.165) is 18.0 Å². The van der Waals surface area contributed by atoms with E-state index in [9.17, 15) is 0 Å². The van der Waals surface area contributed by atoms with Crippen molar-refractivity contribution in [1.82, 2.24) is 0 Å². The summed E-state index contributed by atoms with van der Waals surface area (Å²) in [5.41, 5.74) is 3.51. The molecular formula is C17H20ClNO. The van der Waals surface area contributed by atoms with Crippen LogP contribution in [0.15, 0.2) is 42.5 Å². The van der Waals surface area contributed by atoms with Gasteiger partial charge in [0.05, 0.1) is 11.1 Å². The van der Waals surface area contributed by atoms with Gasteiger partial charge in [-0.2, -0.15) is 0 Å². The van der Waals surface area contributed by atoms with E-state index >= 15 is 0 Å². The molecule has 0 aliphatic heterocycles. The van der Waals surface area contributed by atoms with Crippen LogP contribution >= 0.6 is 11.6 Å². The zero-order valence-electron chi connectivity index (χ0n) is 12.1. The molecule has 0 fully saturated rings. The molecule has 2 rings (SSSR count). The summed E-state index contributed by atoms with van der Waals surface area (Å²) in [6, 6.07) is 14.2. The second-order valence-electron chi connectivity index (χ2n) is 5.15. The number of halogens is 1. The first-order valence-electron chi connectivity index (χ1n) is 6.80. The molecule has 106 valence electrons. The predicted molar refractivity (Wildman–Crippen MR) is 85.7 cm³/mol. The summed E-state index contributed by atoms with van der Waals surface area (Å²) >= 11 is 6.22. The van der Waals surface area contributed by atoms with Gasteiger partial charge in [0.25, 0.3) is 0 Å². The molecule has 2 nitrogen and oxygen atoms in total. The van der Waals surface area contributed by atoms with Crippen LogP contribution in [-0.4, -0.2) is 6.10 Å². The molecule has 0 unspecified atom stereocenters. The lowest BCUT2D eigenvalue weighted by molar-refractivity contribution is 0.242. The van der Waals surface area contributed by atoms with Gasteiger partial charge < -0.3 is 10.1 Å². The largest absolute Gasteiger partial charge is 0.489 e. The number of ether oxygens (including phenoxy) is 1. The maximum Gasteiger partial charge on any atom is 0.138 e. The van der Waals surface area contributed by atoms with Gasteiger partial charge in [0, 0.05) is 12.2 Å². The average molecular weight is 290 g/mol. The first kappa shape index (κ1) is 14.7. The molecule has 0 bridgehead atoms. The van der Waals surface area contributed by atoms with Crippen LogP contribution in [-0.2, 0) is 6.54 Å². The molecule has 2 aromatic rings. The average Bonchev–Trinajstić information content (AvgIpc) is 2.39. The first-order valence-corrected chi connectivity index (χ1v) is 7.18. The quantitative estimate of drug-likeness (QED) is 0.832. The number of benzene rings is 2. The Morgan fingerprint density at radius 2 is 1.95 bits per heavy atom. The van der Waals surface area contributed by atoms with Crippen LogP contribution in [0.3, 0.4) is 0 Å². The summed E-state index contributed by atoms with van der Waals surface area (Å²) in [5, 5.41) is 4.00. The summed E-state index contributed by atoms with van der Waals surface area (Å²) in [6.07, 6.45) is 0.124. The molecule has 0 amide bonds. The molecule has 0 radical (unpaired) electrons. The Hall–Kier alpha value is -1.67. The number of anilines is 1. The SMILES string of the molecule is Cc1cccc(CNc2ccc(OC(C)C)c(Cl)c2)c1. The van der Waals surface area contributed by atoms with Gasteiger partial charge in [-0.15, -0.1) is 0 Å². The van der Waals surface area contributed by atoms with Crippen molar-refractivity contribution in [1.29, 1.82) is 0 Å². The van der Waals surface area contributed by atoms with Gasteiger partial charge in [0.2, 0.25) is 0 Å². The Balaban J connectivity index is 2.02. The smallest absolute Gasteiger partial charge is 0.138 e. The number of hydrogen-bond acceptors (Lipinski definition) is 2. The highest BCUT2D eigenvalue weighted by Crippen LogP contribution is 2.28. The standard InChI is InChI=1S/C17H20ClNO/c1-12(2)20-17-8-7-15(10-16(17)18)19-11-14-6-4-5-13(3)9-14/h4-10,12,19H,11H2,1-3H3. The zero-order valence-corrected chi connectivity index (χ0v) is 12.9. The number of rotatable bonds is 5. The van der Waals surface area contributed by atoms with Crippen molar-refractivity contribution < 1.29 is 4.74 Å². The fourth-order valence-corrected chi connectivity index (χ4v) is 2.21. The van der Waals surface area contributed by atoms with Gasteiger partial charge in [-0.25, -0.2) is 0 Å². The Kier molecular flexibility index (Phi) is 4.91. The summed E-state index contributed by atoms with van der Waals surface area (Å²) < 4.78 is 5.62.